The Morgan fingerprint density at radius 3 is 3.13 bits per heavy atom. The van der Waals surface area contributed by atoms with Gasteiger partial charge in [0.1, 0.15) is 5.01 Å². The van der Waals surface area contributed by atoms with E-state index in [0.29, 0.717) is 0 Å². The van der Waals surface area contributed by atoms with Crippen LogP contribution >= 0.6 is 23.1 Å². The number of amides is 2. The van der Waals surface area contributed by atoms with Crippen molar-refractivity contribution in [2.24, 2.45) is 0 Å². The molecule has 1 fully saturated rings. The first-order valence-corrected chi connectivity index (χ1v) is 9.85. The number of likely N-dealkylation sites (tertiary alicyclic amines) is 1. The van der Waals surface area contributed by atoms with Crippen molar-refractivity contribution in [3.8, 4) is 0 Å². The van der Waals surface area contributed by atoms with Crippen LogP contribution in [0.15, 0.2) is 40.7 Å². The van der Waals surface area contributed by atoms with Gasteiger partial charge in [-0.3, -0.25) is 0 Å². The Kier molecular flexibility index (Phi) is 5.56. The molecule has 2 amide bonds. The minimum absolute atomic E-state index is 0.0211. The lowest BCUT2D eigenvalue weighted by Gasteiger charge is -2.24. The number of rotatable bonds is 5. The van der Waals surface area contributed by atoms with Crippen molar-refractivity contribution in [3.63, 3.8) is 0 Å². The Hall–Kier alpha value is -1.53. The van der Waals surface area contributed by atoms with Crippen LogP contribution in [-0.2, 0) is 0 Å². The molecule has 0 unspecified atom stereocenters. The fourth-order valence-corrected chi connectivity index (χ4v) is 4.42. The van der Waals surface area contributed by atoms with Gasteiger partial charge in [-0.15, -0.1) is 23.1 Å². The first-order valence-electron chi connectivity index (χ1n) is 7.98. The molecule has 0 saturated carbocycles. The van der Waals surface area contributed by atoms with E-state index < -0.39 is 0 Å². The maximum absolute atomic E-state index is 12.7. The number of carbonyl (C=O) groups excluding carboxylic acids is 1. The first kappa shape index (κ1) is 16.3. The molecule has 23 heavy (non-hydrogen) atoms. The van der Waals surface area contributed by atoms with Crippen LogP contribution in [0.25, 0.3) is 0 Å². The van der Waals surface area contributed by atoms with Gasteiger partial charge >= 0.3 is 6.03 Å². The van der Waals surface area contributed by atoms with Crippen molar-refractivity contribution in [1.82, 2.24) is 9.88 Å². The van der Waals surface area contributed by atoms with Gasteiger partial charge in [0.2, 0.25) is 0 Å². The lowest BCUT2D eigenvalue weighted by atomic mass is 10.2. The Labute approximate surface area is 145 Å². The zero-order chi connectivity index (χ0) is 16.1. The van der Waals surface area contributed by atoms with E-state index in [1.807, 2.05) is 34.7 Å². The molecule has 3 rings (SSSR count). The van der Waals surface area contributed by atoms with Crippen LogP contribution < -0.4 is 5.32 Å². The predicted molar refractivity (Wildman–Crippen MR) is 97.3 cm³/mol. The highest BCUT2D eigenvalue weighted by Gasteiger charge is 2.31. The summed E-state index contributed by atoms with van der Waals surface area (Å²) in [5, 5.41) is 6.10. The molecule has 122 valence electrons. The molecule has 0 spiro atoms. The fraction of sp³-hybridized carbons (Fsp3) is 0.412. The molecule has 1 atom stereocenters. The molecule has 2 heterocycles. The Morgan fingerprint density at radius 1 is 1.48 bits per heavy atom. The molecular weight excluding hydrogens is 326 g/mol. The third-order valence-electron chi connectivity index (χ3n) is 3.84. The van der Waals surface area contributed by atoms with E-state index >= 15 is 0 Å². The Bertz CT molecular complexity index is 645. The molecule has 2 aromatic rings. The van der Waals surface area contributed by atoms with Gasteiger partial charge in [-0.25, -0.2) is 9.78 Å². The average molecular weight is 348 g/mol. The van der Waals surface area contributed by atoms with Gasteiger partial charge in [-0.05, 0) is 37.1 Å². The van der Waals surface area contributed by atoms with E-state index in [-0.39, 0.29) is 12.1 Å². The monoisotopic (exact) mass is 347 g/mol. The van der Waals surface area contributed by atoms with Gasteiger partial charge in [0, 0.05) is 23.0 Å². The molecule has 1 saturated heterocycles. The zero-order valence-electron chi connectivity index (χ0n) is 13.2. The summed E-state index contributed by atoms with van der Waals surface area (Å²) < 4.78 is 0. The molecule has 0 aliphatic carbocycles. The van der Waals surface area contributed by atoms with Crippen LogP contribution in [0.2, 0.25) is 0 Å². The van der Waals surface area contributed by atoms with E-state index in [0.717, 1.165) is 47.2 Å². The number of benzene rings is 1. The third-order valence-corrected chi connectivity index (χ3v) is 6.00. The van der Waals surface area contributed by atoms with Gasteiger partial charge in [-0.2, -0.15) is 0 Å². The van der Waals surface area contributed by atoms with Gasteiger partial charge in [0.25, 0.3) is 0 Å². The van der Waals surface area contributed by atoms with Crippen molar-refractivity contribution in [2.75, 3.05) is 17.6 Å². The molecule has 0 bridgehead atoms. The highest BCUT2D eigenvalue weighted by Crippen LogP contribution is 2.34. The number of aromatic nitrogens is 1. The standard InChI is InChI=1S/C17H21N3OS2/c1-2-11-22-15-8-4-3-6-13(15)19-17(21)20-10-5-7-14(20)16-18-9-12-23-16/h3-4,6,8-9,12,14H,2,5,7,10-11H2,1H3,(H,19,21)/t14-/m0/s1. The Balaban J connectivity index is 1.71. The number of nitrogens with one attached hydrogen (secondary N) is 1. The van der Waals surface area contributed by atoms with Gasteiger partial charge in [-0.1, -0.05) is 19.1 Å². The van der Waals surface area contributed by atoms with E-state index in [4.69, 9.17) is 0 Å². The van der Waals surface area contributed by atoms with Crippen LogP contribution in [0.1, 0.15) is 37.2 Å². The van der Waals surface area contributed by atoms with Gasteiger partial charge in [0.05, 0.1) is 11.7 Å². The smallest absolute Gasteiger partial charge is 0.315 e. The summed E-state index contributed by atoms with van der Waals surface area (Å²) in [5.74, 6) is 1.05. The number of hydrogen-bond acceptors (Lipinski definition) is 4. The molecular formula is C17H21N3OS2. The Morgan fingerprint density at radius 2 is 2.35 bits per heavy atom. The summed E-state index contributed by atoms with van der Waals surface area (Å²) >= 11 is 3.41. The van der Waals surface area contributed by atoms with Crippen molar-refractivity contribution in [1.29, 1.82) is 0 Å². The minimum atomic E-state index is -0.0211. The number of thiazole rings is 1. The number of urea groups is 1. The number of anilines is 1. The summed E-state index contributed by atoms with van der Waals surface area (Å²) in [4.78, 5) is 20.2. The number of para-hydroxylation sites is 1. The van der Waals surface area contributed by atoms with Crippen molar-refractivity contribution >= 4 is 34.8 Å². The molecule has 6 heteroatoms. The van der Waals surface area contributed by atoms with E-state index in [2.05, 4.69) is 23.3 Å². The molecule has 1 N–H and O–H groups in total. The van der Waals surface area contributed by atoms with Crippen LogP contribution in [0.3, 0.4) is 0 Å². The summed E-state index contributed by atoms with van der Waals surface area (Å²) in [7, 11) is 0. The minimum Gasteiger partial charge on any atom is -0.315 e. The SMILES string of the molecule is CCCSc1ccccc1NC(=O)N1CCC[C@H]1c1nccs1. The highest BCUT2D eigenvalue weighted by molar-refractivity contribution is 7.99. The average Bonchev–Trinajstić information content (AvgIpc) is 3.24. The van der Waals surface area contributed by atoms with E-state index in [1.54, 1.807) is 23.1 Å². The topological polar surface area (TPSA) is 45.2 Å². The summed E-state index contributed by atoms with van der Waals surface area (Å²) in [5.41, 5.74) is 0.903. The summed E-state index contributed by atoms with van der Waals surface area (Å²) in [6, 6.07) is 8.12. The number of nitrogens with zero attached hydrogens (tertiary/aromatic N) is 2. The second-order valence-electron chi connectivity index (χ2n) is 5.50. The van der Waals surface area contributed by atoms with Gasteiger partial charge < -0.3 is 10.2 Å². The van der Waals surface area contributed by atoms with Gasteiger partial charge in [0.15, 0.2) is 0 Å². The van der Waals surface area contributed by atoms with Crippen LogP contribution in [0.5, 0.6) is 0 Å². The third kappa shape index (κ3) is 3.87. The number of thioether (sulfide) groups is 1. The predicted octanol–water partition coefficient (Wildman–Crippen LogP) is 5.01. The zero-order valence-corrected chi connectivity index (χ0v) is 14.8. The molecule has 1 aromatic carbocycles. The summed E-state index contributed by atoms with van der Waals surface area (Å²) in [6.45, 7) is 2.96. The maximum Gasteiger partial charge on any atom is 0.322 e. The quantitative estimate of drug-likeness (QED) is 0.773. The second kappa shape index (κ2) is 7.84. The largest absolute Gasteiger partial charge is 0.322 e. The first-order chi connectivity index (χ1) is 11.3. The molecule has 4 nitrogen and oxygen atoms in total. The summed E-state index contributed by atoms with van der Waals surface area (Å²) in [6.07, 6.45) is 4.95. The molecule has 1 aliphatic heterocycles. The normalized spacial score (nSPS) is 17.4. The lowest BCUT2D eigenvalue weighted by Crippen LogP contribution is -2.34. The molecule has 0 radical (unpaired) electrons. The van der Waals surface area contributed by atoms with Crippen molar-refractivity contribution < 1.29 is 4.79 Å². The number of carbonyl (C=O) groups is 1. The van der Waals surface area contributed by atoms with Crippen LogP contribution in [0.4, 0.5) is 10.5 Å². The molecule has 1 aliphatic rings. The van der Waals surface area contributed by atoms with Crippen molar-refractivity contribution in [2.45, 2.75) is 37.1 Å². The molecule has 1 aromatic heterocycles. The van der Waals surface area contributed by atoms with E-state index in [1.165, 1.54) is 0 Å². The fourth-order valence-electron chi connectivity index (χ4n) is 2.76. The highest BCUT2D eigenvalue weighted by atomic mass is 32.2. The second-order valence-corrected chi connectivity index (χ2v) is 7.56. The van der Waals surface area contributed by atoms with Crippen molar-refractivity contribution in [3.05, 3.63) is 40.8 Å². The van der Waals surface area contributed by atoms with Crippen LogP contribution in [-0.4, -0.2) is 28.2 Å². The lowest BCUT2D eigenvalue weighted by molar-refractivity contribution is 0.207. The van der Waals surface area contributed by atoms with Crippen LogP contribution in [0, 0.1) is 0 Å². The number of hydrogen-bond donors (Lipinski definition) is 1. The maximum atomic E-state index is 12.7. The van der Waals surface area contributed by atoms with E-state index in [9.17, 15) is 4.79 Å².